The van der Waals surface area contributed by atoms with E-state index in [0.717, 1.165) is 49.5 Å². The van der Waals surface area contributed by atoms with E-state index in [9.17, 15) is 4.79 Å². The van der Waals surface area contributed by atoms with E-state index in [-0.39, 0.29) is 17.4 Å². The van der Waals surface area contributed by atoms with E-state index in [0.29, 0.717) is 0 Å². The van der Waals surface area contributed by atoms with Gasteiger partial charge in [0.25, 0.3) is 0 Å². The number of hydrogen-bond acceptors (Lipinski definition) is 4. The van der Waals surface area contributed by atoms with Gasteiger partial charge in [-0.05, 0) is 38.2 Å². The van der Waals surface area contributed by atoms with Gasteiger partial charge in [-0.3, -0.25) is 9.69 Å². The molecule has 3 rings (SSSR count). The van der Waals surface area contributed by atoms with Crippen LogP contribution in [0.3, 0.4) is 0 Å². The zero-order chi connectivity index (χ0) is 16.7. The molecule has 1 saturated carbocycles. The lowest BCUT2D eigenvalue weighted by Gasteiger charge is -2.31. The van der Waals surface area contributed by atoms with Crippen molar-refractivity contribution in [3.05, 3.63) is 23.8 Å². The molecular formula is C18H25NO4. The van der Waals surface area contributed by atoms with Crippen LogP contribution in [0, 0.1) is 5.41 Å². The molecule has 0 bridgehead atoms. The van der Waals surface area contributed by atoms with Crippen LogP contribution in [-0.4, -0.2) is 41.8 Å². The van der Waals surface area contributed by atoms with E-state index in [2.05, 4.69) is 18.7 Å². The van der Waals surface area contributed by atoms with Crippen molar-refractivity contribution in [1.29, 1.82) is 0 Å². The van der Waals surface area contributed by atoms with E-state index < -0.39 is 5.97 Å². The normalized spacial score (nSPS) is 21.7. The summed E-state index contributed by atoms with van der Waals surface area (Å²) in [7, 11) is 1.65. The van der Waals surface area contributed by atoms with E-state index in [1.165, 1.54) is 0 Å². The van der Waals surface area contributed by atoms with Gasteiger partial charge >= 0.3 is 5.97 Å². The number of ether oxygens (including phenoxy) is 2. The molecular weight excluding hydrogens is 294 g/mol. The molecule has 0 atom stereocenters. The van der Waals surface area contributed by atoms with E-state index in [1.54, 1.807) is 7.11 Å². The quantitative estimate of drug-likeness (QED) is 0.904. The number of fused-ring (bicyclic) bond motifs is 1. The summed E-state index contributed by atoms with van der Waals surface area (Å²) in [6.45, 7) is 6.53. The third kappa shape index (κ3) is 3.78. The lowest BCUT2D eigenvalue weighted by molar-refractivity contribution is -0.138. The first kappa shape index (κ1) is 16.1. The highest BCUT2D eigenvalue weighted by atomic mass is 16.5. The highest BCUT2D eigenvalue weighted by Gasteiger charge is 2.46. The molecule has 1 aliphatic heterocycles. The van der Waals surface area contributed by atoms with Crippen LogP contribution in [-0.2, 0) is 11.3 Å². The number of carboxylic acids is 1. The fourth-order valence-electron chi connectivity index (χ4n) is 3.53. The molecule has 1 fully saturated rings. The van der Waals surface area contributed by atoms with Crippen molar-refractivity contribution in [2.24, 2.45) is 5.41 Å². The van der Waals surface area contributed by atoms with Gasteiger partial charge in [-0.15, -0.1) is 0 Å². The minimum atomic E-state index is -0.696. The van der Waals surface area contributed by atoms with Crippen molar-refractivity contribution in [1.82, 2.24) is 4.90 Å². The standard InChI is InChI=1S/C18H25NO4/c1-17(2)11-19(12-18(6-7-18)9-16(20)21)10-13-4-5-14(22-3)8-15(13)23-17/h4-5,8H,6-7,9-12H2,1-3H3,(H,20,21). The summed E-state index contributed by atoms with van der Waals surface area (Å²) in [6.07, 6.45) is 2.28. The van der Waals surface area contributed by atoms with Crippen LogP contribution >= 0.6 is 0 Å². The van der Waals surface area contributed by atoms with Crippen LogP contribution in [0.25, 0.3) is 0 Å². The molecule has 0 amide bonds. The van der Waals surface area contributed by atoms with Gasteiger partial charge in [0.2, 0.25) is 0 Å². The van der Waals surface area contributed by atoms with Crippen LogP contribution in [0.1, 0.15) is 38.7 Å². The average molecular weight is 319 g/mol. The molecule has 0 radical (unpaired) electrons. The average Bonchev–Trinajstić information content (AvgIpc) is 3.18. The third-order valence-electron chi connectivity index (χ3n) is 4.70. The van der Waals surface area contributed by atoms with Crippen molar-refractivity contribution in [2.75, 3.05) is 20.2 Å². The zero-order valence-corrected chi connectivity index (χ0v) is 14.1. The molecule has 1 aromatic rings. The van der Waals surface area contributed by atoms with Crippen molar-refractivity contribution < 1.29 is 19.4 Å². The predicted molar refractivity (Wildman–Crippen MR) is 86.9 cm³/mol. The first-order chi connectivity index (χ1) is 10.8. The molecule has 23 heavy (non-hydrogen) atoms. The molecule has 2 aliphatic rings. The Morgan fingerprint density at radius 1 is 1.39 bits per heavy atom. The molecule has 0 spiro atoms. The lowest BCUT2D eigenvalue weighted by Crippen LogP contribution is -2.42. The zero-order valence-electron chi connectivity index (χ0n) is 14.1. The van der Waals surface area contributed by atoms with Crippen molar-refractivity contribution in [2.45, 2.75) is 45.3 Å². The second-order valence-electron chi connectivity index (χ2n) is 7.55. The first-order valence-corrected chi connectivity index (χ1v) is 8.11. The second kappa shape index (κ2) is 5.71. The molecule has 5 heteroatoms. The summed E-state index contributed by atoms with van der Waals surface area (Å²) < 4.78 is 11.5. The minimum Gasteiger partial charge on any atom is -0.497 e. The van der Waals surface area contributed by atoms with Crippen LogP contribution in [0.2, 0.25) is 0 Å². The Balaban J connectivity index is 1.81. The second-order valence-corrected chi connectivity index (χ2v) is 7.55. The van der Waals surface area contributed by atoms with Crippen molar-refractivity contribution in [3.8, 4) is 11.5 Å². The Morgan fingerprint density at radius 2 is 2.13 bits per heavy atom. The number of aliphatic carboxylic acids is 1. The number of rotatable bonds is 5. The number of carboxylic acid groups (broad SMARTS) is 1. The molecule has 1 N–H and O–H groups in total. The summed E-state index contributed by atoms with van der Waals surface area (Å²) >= 11 is 0. The summed E-state index contributed by atoms with van der Waals surface area (Å²) in [5, 5.41) is 9.14. The summed E-state index contributed by atoms with van der Waals surface area (Å²) in [5.74, 6) is 0.954. The van der Waals surface area contributed by atoms with Crippen LogP contribution < -0.4 is 9.47 Å². The highest BCUT2D eigenvalue weighted by molar-refractivity contribution is 5.68. The number of benzene rings is 1. The molecule has 0 aromatic heterocycles. The minimum absolute atomic E-state index is 0.0428. The van der Waals surface area contributed by atoms with Crippen molar-refractivity contribution in [3.63, 3.8) is 0 Å². The number of carbonyl (C=O) groups is 1. The smallest absolute Gasteiger partial charge is 0.303 e. The van der Waals surface area contributed by atoms with Gasteiger partial charge < -0.3 is 14.6 Å². The molecule has 0 unspecified atom stereocenters. The van der Waals surface area contributed by atoms with Crippen LogP contribution in [0.5, 0.6) is 11.5 Å². The molecule has 1 heterocycles. The molecule has 5 nitrogen and oxygen atoms in total. The molecule has 1 aliphatic carbocycles. The van der Waals surface area contributed by atoms with Crippen molar-refractivity contribution >= 4 is 5.97 Å². The Hall–Kier alpha value is -1.75. The highest BCUT2D eigenvalue weighted by Crippen LogP contribution is 2.50. The largest absolute Gasteiger partial charge is 0.497 e. The summed E-state index contributed by atoms with van der Waals surface area (Å²) in [6, 6.07) is 5.92. The van der Waals surface area contributed by atoms with Gasteiger partial charge in [0.15, 0.2) is 0 Å². The van der Waals surface area contributed by atoms with Gasteiger partial charge in [-0.1, -0.05) is 6.07 Å². The van der Waals surface area contributed by atoms with Crippen LogP contribution in [0.15, 0.2) is 18.2 Å². The number of nitrogens with zero attached hydrogens (tertiary/aromatic N) is 1. The molecule has 126 valence electrons. The van der Waals surface area contributed by atoms with E-state index in [4.69, 9.17) is 14.6 Å². The SMILES string of the molecule is COc1ccc2c(c1)OC(C)(C)CN(CC1(CC(=O)O)CC1)C2. The first-order valence-electron chi connectivity index (χ1n) is 8.11. The fourth-order valence-corrected chi connectivity index (χ4v) is 3.53. The van der Waals surface area contributed by atoms with Crippen LogP contribution in [0.4, 0.5) is 0 Å². The lowest BCUT2D eigenvalue weighted by atomic mass is 10.0. The predicted octanol–water partition coefficient (Wildman–Crippen LogP) is 2.92. The molecule has 1 aromatic carbocycles. The maximum atomic E-state index is 11.1. The van der Waals surface area contributed by atoms with Gasteiger partial charge in [0.1, 0.15) is 17.1 Å². The maximum absolute atomic E-state index is 11.1. The number of hydrogen-bond donors (Lipinski definition) is 1. The Bertz CT molecular complexity index is 607. The number of methoxy groups -OCH3 is 1. The molecule has 0 saturated heterocycles. The Morgan fingerprint density at radius 3 is 2.74 bits per heavy atom. The van der Waals surface area contributed by atoms with Gasteiger partial charge in [0.05, 0.1) is 13.5 Å². The van der Waals surface area contributed by atoms with Gasteiger partial charge in [-0.2, -0.15) is 0 Å². The monoisotopic (exact) mass is 319 g/mol. The Labute approximate surface area is 137 Å². The fraction of sp³-hybridized carbons (Fsp3) is 0.611. The van der Waals surface area contributed by atoms with E-state index in [1.807, 2.05) is 18.2 Å². The van der Waals surface area contributed by atoms with E-state index >= 15 is 0 Å². The topological polar surface area (TPSA) is 59.0 Å². The summed E-state index contributed by atoms with van der Waals surface area (Å²) in [5.41, 5.74) is 0.762. The maximum Gasteiger partial charge on any atom is 0.303 e. The van der Waals surface area contributed by atoms with Gasteiger partial charge in [0, 0.05) is 31.3 Å². The Kier molecular flexibility index (Phi) is 4.00. The van der Waals surface area contributed by atoms with Gasteiger partial charge in [-0.25, -0.2) is 0 Å². The summed E-state index contributed by atoms with van der Waals surface area (Å²) in [4.78, 5) is 13.4. The third-order valence-corrected chi connectivity index (χ3v) is 4.70.